The van der Waals surface area contributed by atoms with Gasteiger partial charge in [0.05, 0.1) is 6.61 Å². The van der Waals surface area contributed by atoms with Gasteiger partial charge in [-0.05, 0) is 77.0 Å². The molecule has 0 aromatic rings. The molecule has 0 radical (unpaired) electrons. The summed E-state index contributed by atoms with van der Waals surface area (Å²) in [5.41, 5.74) is 0. The van der Waals surface area contributed by atoms with Crippen LogP contribution in [0.15, 0.2) is 72.9 Å². The van der Waals surface area contributed by atoms with Crippen molar-refractivity contribution in [3.8, 4) is 0 Å². The molecule has 0 bridgehead atoms. The molecule has 1 heterocycles. The number of allylic oxidation sites excluding steroid dienone is 12. The number of hydrogen-bond donors (Lipinski definition) is 4. The molecular weight excluding hydrogens is 813 g/mol. The minimum atomic E-state index is -4.62. The first-order chi connectivity index (χ1) is 30.0. The summed E-state index contributed by atoms with van der Waals surface area (Å²) in [6.45, 7) is 3.62. The van der Waals surface area contributed by atoms with Crippen molar-refractivity contribution in [1.82, 2.24) is 0 Å². The third kappa shape index (κ3) is 32.7. The number of carbonyl (C=O) groups is 2. The molecule has 0 saturated carbocycles. The van der Waals surface area contributed by atoms with Crippen molar-refractivity contribution in [2.75, 3.05) is 19.0 Å². The lowest BCUT2D eigenvalue weighted by Crippen LogP contribution is -2.60. The first kappa shape index (κ1) is 57.1. The van der Waals surface area contributed by atoms with E-state index in [1.165, 1.54) is 64.2 Å². The van der Waals surface area contributed by atoms with Crippen molar-refractivity contribution in [1.29, 1.82) is 0 Å². The average Bonchev–Trinajstić information content (AvgIpc) is 3.24. The Morgan fingerprint density at radius 1 is 0.548 bits per heavy atom. The van der Waals surface area contributed by atoms with Gasteiger partial charge in [-0.1, -0.05) is 151 Å². The number of unbranched alkanes of at least 4 members (excludes halogenated alkanes) is 14. The van der Waals surface area contributed by atoms with Gasteiger partial charge in [0.2, 0.25) is 0 Å². The van der Waals surface area contributed by atoms with E-state index in [1.54, 1.807) is 0 Å². The summed E-state index contributed by atoms with van der Waals surface area (Å²) in [5.74, 6) is -2.09. The number of aliphatic hydroxyl groups is 3. The van der Waals surface area contributed by atoms with Gasteiger partial charge < -0.3 is 34.3 Å². The topological polar surface area (TPSA) is 186 Å². The molecule has 62 heavy (non-hydrogen) atoms. The maximum absolute atomic E-state index is 12.8. The van der Waals surface area contributed by atoms with Gasteiger partial charge in [-0.3, -0.25) is 14.1 Å². The lowest BCUT2D eigenvalue weighted by Gasteiger charge is -2.40. The Labute approximate surface area is 374 Å². The molecule has 2 unspecified atom stereocenters. The fourth-order valence-corrected chi connectivity index (χ4v) is 7.28. The normalized spacial score (nSPS) is 20.5. The Balaban J connectivity index is 2.49. The molecule has 1 rings (SSSR count). The zero-order valence-corrected chi connectivity index (χ0v) is 38.8. The second kappa shape index (κ2) is 38.5. The van der Waals surface area contributed by atoms with E-state index in [-0.39, 0.29) is 19.4 Å². The van der Waals surface area contributed by atoms with Crippen molar-refractivity contribution in [2.24, 2.45) is 0 Å². The van der Waals surface area contributed by atoms with Crippen LogP contribution in [0, 0.1) is 0 Å². The first-order valence-electron chi connectivity index (χ1n) is 23.5. The van der Waals surface area contributed by atoms with Gasteiger partial charge >= 0.3 is 11.9 Å². The number of hydrogen-bond acceptors (Lipinski definition) is 11. The van der Waals surface area contributed by atoms with Gasteiger partial charge in [-0.15, -0.1) is 0 Å². The van der Waals surface area contributed by atoms with E-state index in [9.17, 15) is 37.9 Å². The van der Waals surface area contributed by atoms with E-state index in [2.05, 4.69) is 80.7 Å². The van der Waals surface area contributed by atoms with Crippen LogP contribution in [0.4, 0.5) is 0 Å². The minimum absolute atomic E-state index is 0.0897. The van der Waals surface area contributed by atoms with Crippen LogP contribution < -0.4 is 0 Å². The van der Waals surface area contributed by atoms with Crippen LogP contribution in [0.25, 0.3) is 0 Å². The first-order valence-corrected chi connectivity index (χ1v) is 25.1. The van der Waals surface area contributed by atoms with Gasteiger partial charge in [0.15, 0.2) is 12.4 Å². The summed E-state index contributed by atoms with van der Waals surface area (Å²) in [4.78, 5) is 25.4. The number of esters is 2. The van der Waals surface area contributed by atoms with Crippen LogP contribution in [-0.4, -0.2) is 96.0 Å². The predicted molar refractivity (Wildman–Crippen MR) is 247 cm³/mol. The highest BCUT2D eigenvalue weighted by Crippen LogP contribution is 2.24. The van der Waals surface area contributed by atoms with Gasteiger partial charge in [0, 0.05) is 12.8 Å². The molecular formula is C49H82O12S. The van der Waals surface area contributed by atoms with Gasteiger partial charge in [-0.2, -0.15) is 8.42 Å². The van der Waals surface area contributed by atoms with Crippen LogP contribution in [0.2, 0.25) is 0 Å². The molecule has 1 fully saturated rings. The molecule has 4 N–H and O–H groups in total. The lowest BCUT2D eigenvalue weighted by atomic mass is 10.00. The van der Waals surface area contributed by atoms with Crippen LogP contribution in [0.3, 0.4) is 0 Å². The number of carbonyl (C=O) groups excluding carboxylic acids is 2. The molecule has 13 heteroatoms. The molecule has 0 aromatic carbocycles. The smallest absolute Gasteiger partial charge is 0.306 e. The Kier molecular flexibility index (Phi) is 35.5. The van der Waals surface area contributed by atoms with Gasteiger partial charge in [0.25, 0.3) is 10.1 Å². The molecule has 1 saturated heterocycles. The Bertz CT molecular complexity index is 1420. The monoisotopic (exact) mass is 895 g/mol. The maximum Gasteiger partial charge on any atom is 0.306 e. The average molecular weight is 895 g/mol. The molecule has 12 nitrogen and oxygen atoms in total. The van der Waals surface area contributed by atoms with E-state index in [0.29, 0.717) is 19.3 Å². The van der Waals surface area contributed by atoms with Crippen molar-refractivity contribution < 1.29 is 56.8 Å². The molecule has 6 atom stereocenters. The van der Waals surface area contributed by atoms with E-state index in [1.807, 2.05) is 6.08 Å². The van der Waals surface area contributed by atoms with E-state index in [4.69, 9.17) is 18.9 Å². The van der Waals surface area contributed by atoms with Crippen LogP contribution >= 0.6 is 0 Å². The number of ether oxygens (including phenoxy) is 4. The van der Waals surface area contributed by atoms with E-state index in [0.717, 1.165) is 57.8 Å². The van der Waals surface area contributed by atoms with E-state index >= 15 is 0 Å². The van der Waals surface area contributed by atoms with Gasteiger partial charge in [0.1, 0.15) is 36.8 Å². The SMILES string of the molecule is CCC/C=C/C/C=C/C/C=C/C/C=C/CCCCCC(=O)OC[C@H](CO[C@H]1O[C@H](CS(=O)(=O)O)[C@@H](O)C(O)C1O)OC(=O)CCC/C=C/C/C=C/CCCCCCCCCCC. The molecule has 0 aliphatic carbocycles. The zero-order valence-electron chi connectivity index (χ0n) is 37.9. The van der Waals surface area contributed by atoms with Crippen LogP contribution in [0.1, 0.15) is 168 Å². The van der Waals surface area contributed by atoms with Crippen molar-refractivity contribution >= 4 is 22.1 Å². The minimum Gasteiger partial charge on any atom is -0.462 e. The van der Waals surface area contributed by atoms with Crippen LogP contribution in [-0.2, 0) is 38.7 Å². The summed E-state index contributed by atoms with van der Waals surface area (Å²) >= 11 is 0. The zero-order chi connectivity index (χ0) is 45.5. The largest absolute Gasteiger partial charge is 0.462 e. The standard InChI is InChI=1S/C49H82O12S/c1-3-5-7-9-11-13-15-17-19-21-23-25-27-29-31-33-35-37-44(50)58-39-42(40-59-49-48(54)47(53)46(52)43(61-49)41-62(55,56)57)60-45(51)38-36-34-32-30-28-26-24-22-20-18-16-14-12-10-8-6-4-2/h7,9,13,15,19,21,24-27,30,32,42-43,46-49,52-54H,3-6,8,10-12,14,16-18,20,22-23,28-29,31,33-41H2,1-2H3,(H,55,56,57)/b9-7+,15-13+,21-19+,26-24+,27-25+,32-30+/t42-,43-,46-,47?,48?,49+/m1/s1. The van der Waals surface area contributed by atoms with Crippen molar-refractivity contribution in [2.45, 2.75) is 205 Å². The molecule has 356 valence electrons. The summed E-state index contributed by atoms with van der Waals surface area (Å²) in [6, 6.07) is 0. The van der Waals surface area contributed by atoms with Crippen LogP contribution in [0.5, 0.6) is 0 Å². The summed E-state index contributed by atoms with van der Waals surface area (Å²) in [5, 5.41) is 30.9. The molecule has 1 aliphatic rings. The third-order valence-corrected chi connectivity index (χ3v) is 11.0. The second-order valence-corrected chi connectivity index (χ2v) is 17.6. The second-order valence-electron chi connectivity index (χ2n) is 16.1. The third-order valence-electron chi connectivity index (χ3n) is 10.2. The van der Waals surface area contributed by atoms with E-state index < -0.39 is 71.2 Å². The Morgan fingerprint density at radius 2 is 1.02 bits per heavy atom. The van der Waals surface area contributed by atoms with Crippen molar-refractivity contribution in [3.05, 3.63) is 72.9 Å². The Morgan fingerprint density at radius 3 is 1.55 bits per heavy atom. The highest BCUT2D eigenvalue weighted by molar-refractivity contribution is 7.85. The molecule has 0 aromatic heterocycles. The van der Waals surface area contributed by atoms with Gasteiger partial charge in [-0.25, -0.2) is 0 Å². The fourth-order valence-electron chi connectivity index (χ4n) is 6.59. The molecule has 1 aliphatic heterocycles. The molecule has 0 amide bonds. The molecule has 0 spiro atoms. The summed E-state index contributed by atoms with van der Waals surface area (Å²) in [6.07, 6.45) is 39.5. The highest BCUT2D eigenvalue weighted by atomic mass is 32.2. The van der Waals surface area contributed by atoms with Crippen molar-refractivity contribution in [3.63, 3.8) is 0 Å². The highest BCUT2D eigenvalue weighted by Gasteiger charge is 2.46. The number of aliphatic hydroxyl groups excluding tert-OH is 3. The summed E-state index contributed by atoms with van der Waals surface area (Å²) in [7, 11) is -4.62. The lowest BCUT2D eigenvalue weighted by molar-refractivity contribution is -0.297. The predicted octanol–water partition coefficient (Wildman–Crippen LogP) is 9.89. The summed E-state index contributed by atoms with van der Waals surface area (Å²) < 4.78 is 54.0. The maximum atomic E-state index is 12.8. The quantitative estimate of drug-likeness (QED) is 0.0199. The number of rotatable bonds is 38. The fraction of sp³-hybridized carbons (Fsp3) is 0.714. The Hall–Kier alpha value is -2.91.